The quantitative estimate of drug-likeness (QED) is 0.676. The predicted molar refractivity (Wildman–Crippen MR) is 107 cm³/mol. The van der Waals surface area contributed by atoms with Gasteiger partial charge in [0.1, 0.15) is 4.88 Å². The Balaban J connectivity index is 1.99. The normalized spacial score (nSPS) is 10.8. The summed E-state index contributed by atoms with van der Waals surface area (Å²) in [4.78, 5) is 26.2. The number of hydrogen-bond acceptors (Lipinski definition) is 4. The van der Waals surface area contributed by atoms with E-state index in [0.29, 0.717) is 10.8 Å². The molecule has 0 saturated carbocycles. The number of ether oxygens (including phenoxy) is 1. The molecule has 1 amide bonds. The molecule has 0 fully saturated rings. The number of nitrogens with one attached hydrogen (secondary N) is 1. The third-order valence-corrected chi connectivity index (χ3v) is 5.34. The van der Waals surface area contributed by atoms with Crippen molar-refractivity contribution in [3.05, 3.63) is 50.7 Å². The maximum absolute atomic E-state index is 12.3. The zero-order valence-corrected chi connectivity index (χ0v) is 17.0. The highest BCUT2D eigenvalue weighted by Crippen LogP contribution is 2.27. The van der Waals surface area contributed by atoms with Crippen LogP contribution in [0.15, 0.2) is 24.3 Å². The van der Waals surface area contributed by atoms with Crippen LogP contribution in [-0.4, -0.2) is 18.5 Å². The molecule has 140 valence electrons. The van der Waals surface area contributed by atoms with E-state index in [1.54, 1.807) is 0 Å². The number of para-hydroxylation sites is 1. The second-order valence-electron chi connectivity index (χ2n) is 6.76. The number of hydrogen-bond donors (Lipinski definition) is 1. The largest absolute Gasteiger partial charge is 0.451 e. The molecule has 0 aliphatic heterocycles. The van der Waals surface area contributed by atoms with Gasteiger partial charge in [-0.3, -0.25) is 4.79 Å². The summed E-state index contributed by atoms with van der Waals surface area (Å²) in [6, 6.07) is 7.81. The number of esters is 1. The van der Waals surface area contributed by atoms with Gasteiger partial charge >= 0.3 is 5.97 Å². The molecule has 1 N–H and O–H groups in total. The van der Waals surface area contributed by atoms with Gasteiger partial charge in [-0.1, -0.05) is 45.4 Å². The van der Waals surface area contributed by atoms with Crippen LogP contribution in [0, 0.1) is 13.8 Å². The highest BCUT2D eigenvalue weighted by molar-refractivity contribution is 7.14. The molecular weight excluding hydrogens is 346 g/mol. The van der Waals surface area contributed by atoms with E-state index in [1.165, 1.54) is 16.9 Å². The Morgan fingerprint density at radius 3 is 2.62 bits per heavy atom. The molecule has 0 spiro atoms. The maximum atomic E-state index is 12.3. The fourth-order valence-corrected chi connectivity index (χ4v) is 3.82. The van der Waals surface area contributed by atoms with E-state index in [9.17, 15) is 9.59 Å². The molecule has 2 rings (SSSR count). The standard InChI is InChI=1S/C21H27NO3S/c1-6-8-16-11-18(26-15(16)5)21(24)25-12-19(23)22-20-14(4)9-7-10-17(20)13(2)3/h7,9-11,13H,6,8,12H2,1-5H3,(H,22,23). The number of benzene rings is 1. The van der Waals surface area contributed by atoms with Gasteiger partial charge in [0.2, 0.25) is 0 Å². The smallest absolute Gasteiger partial charge is 0.348 e. The van der Waals surface area contributed by atoms with E-state index >= 15 is 0 Å². The van der Waals surface area contributed by atoms with Gasteiger partial charge in [0.05, 0.1) is 0 Å². The topological polar surface area (TPSA) is 55.4 Å². The van der Waals surface area contributed by atoms with Gasteiger partial charge in [-0.2, -0.15) is 0 Å². The third-order valence-electron chi connectivity index (χ3n) is 4.27. The zero-order valence-electron chi connectivity index (χ0n) is 16.1. The summed E-state index contributed by atoms with van der Waals surface area (Å²) < 4.78 is 5.21. The fourth-order valence-electron chi connectivity index (χ4n) is 2.86. The lowest BCUT2D eigenvalue weighted by molar-refractivity contribution is -0.119. The lowest BCUT2D eigenvalue weighted by atomic mass is 9.98. The van der Waals surface area contributed by atoms with Crippen LogP contribution < -0.4 is 5.32 Å². The van der Waals surface area contributed by atoms with Crippen LogP contribution in [0.25, 0.3) is 0 Å². The molecule has 0 unspecified atom stereocenters. The summed E-state index contributed by atoms with van der Waals surface area (Å²) in [5.41, 5.74) is 4.05. The number of thiophene rings is 1. The zero-order chi connectivity index (χ0) is 19.3. The highest BCUT2D eigenvalue weighted by Gasteiger charge is 2.16. The molecule has 0 atom stereocenters. The van der Waals surface area contributed by atoms with Crippen molar-refractivity contribution in [3.8, 4) is 0 Å². The minimum atomic E-state index is -0.440. The summed E-state index contributed by atoms with van der Waals surface area (Å²) in [6.45, 7) is 9.94. The molecule has 4 nitrogen and oxygen atoms in total. The number of rotatable bonds is 7. The molecule has 0 bridgehead atoms. The van der Waals surface area contributed by atoms with E-state index in [2.05, 4.69) is 26.1 Å². The fraction of sp³-hybridized carbons (Fsp3) is 0.429. The number of amides is 1. The van der Waals surface area contributed by atoms with Gasteiger partial charge in [-0.15, -0.1) is 11.3 Å². The van der Waals surface area contributed by atoms with Crippen LogP contribution in [0.2, 0.25) is 0 Å². The molecular formula is C21H27NO3S. The Kier molecular flexibility index (Phi) is 6.98. The minimum absolute atomic E-state index is 0.287. The molecule has 5 heteroatoms. The lowest BCUT2D eigenvalue weighted by Gasteiger charge is -2.16. The Bertz CT molecular complexity index is 793. The van der Waals surface area contributed by atoms with Gasteiger partial charge in [-0.25, -0.2) is 4.79 Å². The van der Waals surface area contributed by atoms with Gasteiger partial charge in [0.15, 0.2) is 6.61 Å². The monoisotopic (exact) mass is 373 g/mol. The van der Waals surface area contributed by atoms with Crippen molar-refractivity contribution in [2.24, 2.45) is 0 Å². The summed E-state index contributed by atoms with van der Waals surface area (Å²) >= 11 is 1.42. The summed E-state index contributed by atoms with van der Waals surface area (Å²) in [6.07, 6.45) is 1.98. The van der Waals surface area contributed by atoms with Gasteiger partial charge < -0.3 is 10.1 Å². The Labute approximate surface area is 159 Å². The van der Waals surface area contributed by atoms with Crippen molar-refractivity contribution >= 4 is 28.9 Å². The summed E-state index contributed by atoms with van der Waals surface area (Å²) in [5.74, 6) is -0.472. The SMILES string of the molecule is CCCc1cc(C(=O)OCC(=O)Nc2c(C)cccc2C(C)C)sc1C. The van der Waals surface area contributed by atoms with Crippen molar-refractivity contribution in [3.63, 3.8) is 0 Å². The highest BCUT2D eigenvalue weighted by atomic mass is 32.1. The van der Waals surface area contributed by atoms with E-state index in [4.69, 9.17) is 4.74 Å². The molecule has 0 aliphatic rings. The molecule has 2 aromatic rings. The van der Waals surface area contributed by atoms with Crippen LogP contribution in [-0.2, 0) is 16.0 Å². The summed E-state index contributed by atoms with van der Waals surface area (Å²) in [5, 5.41) is 2.89. The van der Waals surface area contributed by atoms with Crippen LogP contribution >= 0.6 is 11.3 Å². The van der Waals surface area contributed by atoms with Crippen molar-refractivity contribution in [2.75, 3.05) is 11.9 Å². The van der Waals surface area contributed by atoms with Crippen molar-refractivity contribution < 1.29 is 14.3 Å². The van der Waals surface area contributed by atoms with Gasteiger partial charge in [0.25, 0.3) is 5.91 Å². The lowest BCUT2D eigenvalue weighted by Crippen LogP contribution is -2.22. The van der Waals surface area contributed by atoms with Crippen molar-refractivity contribution in [2.45, 2.75) is 53.4 Å². The Morgan fingerprint density at radius 2 is 1.96 bits per heavy atom. The Hall–Kier alpha value is -2.14. The second-order valence-corrected chi connectivity index (χ2v) is 8.02. The van der Waals surface area contributed by atoms with Crippen LogP contribution in [0.3, 0.4) is 0 Å². The minimum Gasteiger partial charge on any atom is -0.451 e. The molecule has 1 aromatic carbocycles. The van der Waals surface area contributed by atoms with E-state index < -0.39 is 5.97 Å². The predicted octanol–water partition coefficient (Wildman–Crippen LogP) is 5.24. The first kappa shape index (κ1) is 20.2. The molecule has 0 saturated heterocycles. The molecule has 0 aliphatic carbocycles. The Morgan fingerprint density at radius 1 is 1.23 bits per heavy atom. The maximum Gasteiger partial charge on any atom is 0.348 e. The van der Waals surface area contributed by atoms with E-state index in [1.807, 2.05) is 38.1 Å². The van der Waals surface area contributed by atoms with Gasteiger partial charge in [0, 0.05) is 10.6 Å². The first-order valence-electron chi connectivity index (χ1n) is 8.99. The van der Waals surface area contributed by atoms with E-state index in [0.717, 1.165) is 34.5 Å². The number of carbonyl (C=O) groups is 2. The molecule has 1 aromatic heterocycles. The molecule has 26 heavy (non-hydrogen) atoms. The van der Waals surface area contributed by atoms with Crippen molar-refractivity contribution in [1.82, 2.24) is 0 Å². The summed E-state index contributed by atoms with van der Waals surface area (Å²) in [7, 11) is 0. The van der Waals surface area contributed by atoms with Crippen LogP contribution in [0.4, 0.5) is 5.69 Å². The second kappa shape index (κ2) is 8.99. The van der Waals surface area contributed by atoms with Crippen molar-refractivity contribution in [1.29, 1.82) is 0 Å². The number of aryl methyl sites for hydroxylation is 3. The van der Waals surface area contributed by atoms with E-state index in [-0.39, 0.29) is 12.5 Å². The average Bonchev–Trinajstić information content (AvgIpc) is 2.95. The average molecular weight is 374 g/mol. The molecule has 1 heterocycles. The third kappa shape index (κ3) is 4.94. The first-order valence-corrected chi connectivity index (χ1v) is 9.80. The first-order chi connectivity index (χ1) is 12.3. The molecule has 0 radical (unpaired) electrons. The van der Waals surface area contributed by atoms with Crippen LogP contribution in [0.5, 0.6) is 0 Å². The van der Waals surface area contributed by atoms with Crippen LogP contribution in [0.1, 0.15) is 64.3 Å². The van der Waals surface area contributed by atoms with Gasteiger partial charge in [-0.05, 0) is 48.9 Å². The number of anilines is 1. The number of carbonyl (C=O) groups excluding carboxylic acids is 2.